The van der Waals surface area contributed by atoms with Crippen molar-refractivity contribution < 1.29 is 13.4 Å². The molecule has 1 aliphatic heterocycles. The van der Waals surface area contributed by atoms with E-state index in [1.807, 2.05) is 0 Å². The molecule has 0 aliphatic carbocycles. The topological polar surface area (TPSA) is 63.2 Å². The summed E-state index contributed by atoms with van der Waals surface area (Å²) in [7, 11) is -1.19. The van der Waals surface area contributed by atoms with Crippen LogP contribution in [0.3, 0.4) is 0 Å². The molecule has 18 heavy (non-hydrogen) atoms. The zero-order chi connectivity index (χ0) is 13.1. The predicted molar refractivity (Wildman–Crippen MR) is 65.6 cm³/mol. The molecular weight excluding hydrogens is 257 g/mol. The fourth-order valence-electron chi connectivity index (χ4n) is 1.94. The minimum absolute atomic E-state index is 0.135. The Morgan fingerprint density at radius 1 is 1.56 bits per heavy atom. The lowest BCUT2D eigenvalue weighted by molar-refractivity contribution is -0.113. The Morgan fingerprint density at radius 2 is 2.33 bits per heavy atom. The zero-order valence-electron chi connectivity index (χ0n) is 9.95. The van der Waals surface area contributed by atoms with Gasteiger partial charge in [0.1, 0.15) is 29.6 Å². The standard InChI is InChI=1S/C11H14FN3O2S/c1-18(17)11-4-10(13-7-14-11)15-3-2-8(6-16)9(12)5-15/h4,6-9H,2-3,5H2,1H3/t8-,9-,18-/m0/s1. The highest BCUT2D eigenvalue weighted by atomic mass is 32.2. The number of alkyl halides is 1. The number of hydrogen-bond acceptors (Lipinski definition) is 5. The number of hydrogen-bond donors (Lipinski definition) is 0. The van der Waals surface area contributed by atoms with Crippen molar-refractivity contribution in [3.8, 4) is 0 Å². The van der Waals surface area contributed by atoms with Crippen molar-refractivity contribution >= 4 is 22.9 Å². The molecule has 1 aromatic rings. The molecule has 0 unspecified atom stereocenters. The lowest BCUT2D eigenvalue weighted by Crippen LogP contribution is -2.42. The highest BCUT2D eigenvalue weighted by molar-refractivity contribution is 7.84. The Morgan fingerprint density at radius 3 is 2.94 bits per heavy atom. The molecule has 3 atom stereocenters. The van der Waals surface area contributed by atoms with E-state index in [2.05, 4.69) is 9.97 Å². The third-order valence-corrected chi connectivity index (χ3v) is 3.82. The Labute approximate surface area is 107 Å². The summed E-state index contributed by atoms with van der Waals surface area (Å²) in [6, 6.07) is 1.60. The summed E-state index contributed by atoms with van der Waals surface area (Å²) in [5.41, 5.74) is 0. The Kier molecular flexibility index (Phi) is 4.00. The van der Waals surface area contributed by atoms with Gasteiger partial charge in [0.2, 0.25) is 0 Å². The van der Waals surface area contributed by atoms with Crippen molar-refractivity contribution in [3.05, 3.63) is 12.4 Å². The number of carbonyl (C=O) groups is 1. The van der Waals surface area contributed by atoms with Crippen LogP contribution in [0.5, 0.6) is 0 Å². The fourth-order valence-corrected chi connectivity index (χ4v) is 2.41. The van der Waals surface area contributed by atoms with Gasteiger partial charge < -0.3 is 9.69 Å². The molecule has 98 valence electrons. The van der Waals surface area contributed by atoms with Crippen LogP contribution < -0.4 is 4.90 Å². The van der Waals surface area contributed by atoms with Crippen molar-refractivity contribution in [3.63, 3.8) is 0 Å². The maximum Gasteiger partial charge on any atom is 0.133 e. The van der Waals surface area contributed by atoms with Gasteiger partial charge in [-0.3, -0.25) is 4.21 Å². The summed E-state index contributed by atoms with van der Waals surface area (Å²) in [5.74, 6) is 0.0325. The average Bonchev–Trinajstić information content (AvgIpc) is 2.38. The van der Waals surface area contributed by atoms with E-state index in [0.717, 1.165) is 0 Å². The number of piperidine rings is 1. The number of carbonyl (C=O) groups excluding carboxylic acids is 1. The molecular formula is C11H14FN3O2S. The number of aldehydes is 1. The molecule has 2 heterocycles. The summed E-state index contributed by atoms with van der Waals surface area (Å²) in [5, 5.41) is 0.424. The third-order valence-electron chi connectivity index (χ3n) is 3.01. The number of halogens is 1. The van der Waals surface area contributed by atoms with Gasteiger partial charge in [0, 0.05) is 24.8 Å². The molecule has 1 fully saturated rings. The molecule has 0 bridgehead atoms. The summed E-state index contributed by atoms with van der Waals surface area (Å²) in [6.07, 6.45) is 2.82. The average molecular weight is 271 g/mol. The molecule has 0 amide bonds. The van der Waals surface area contributed by atoms with Crippen LogP contribution >= 0.6 is 0 Å². The predicted octanol–water partition coefficient (Wildman–Crippen LogP) is 0.577. The van der Waals surface area contributed by atoms with Gasteiger partial charge in [-0.1, -0.05) is 0 Å². The van der Waals surface area contributed by atoms with Crippen LogP contribution in [0.15, 0.2) is 17.4 Å². The quantitative estimate of drug-likeness (QED) is 0.594. The van der Waals surface area contributed by atoms with E-state index in [1.165, 1.54) is 12.6 Å². The molecule has 1 aromatic heterocycles. The van der Waals surface area contributed by atoms with E-state index < -0.39 is 22.9 Å². The zero-order valence-corrected chi connectivity index (χ0v) is 10.8. The van der Waals surface area contributed by atoms with Crippen molar-refractivity contribution in [2.45, 2.75) is 17.6 Å². The third kappa shape index (κ3) is 2.72. The van der Waals surface area contributed by atoms with E-state index in [1.54, 1.807) is 11.0 Å². The van der Waals surface area contributed by atoms with Crippen LogP contribution in [-0.2, 0) is 15.6 Å². The van der Waals surface area contributed by atoms with Gasteiger partial charge in [-0.2, -0.15) is 0 Å². The van der Waals surface area contributed by atoms with Gasteiger partial charge in [0.05, 0.1) is 17.3 Å². The lowest BCUT2D eigenvalue weighted by Gasteiger charge is -2.33. The van der Waals surface area contributed by atoms with Crippen LogP contribution in [0.2, 0.25) is 0 Å². The maximum atomic E-state index is 13.7. The first-order chi connectivity index (χ1) is 8.61. The minimum atomic E-state index is -1.19. The van der Waals surface area contributed by atoms with Crippen molar-refractivity contribution in [2.24, 2.45) is 5.92 Å². The molecule has 1 aliphatic rings. The Bertz CT molecular complexity index is 471. The number of rotatable bonds is 3. The van der Waals surface area contributed by atoms with Gasteiger partial charge >= 0.3 is 0 Å². The second-order valence-corrected chi connectivity index (χ2v) is 5.55. The Hall–Kier alpha value is -1.37. The first kappa shape index (κ1) is 13.1. The molecule has 2 rings (SSSR count). The molecule has 0 radical (unpaired) electrons. The van der Waals surface area contributed by atoms with Gasteiger partial charge in [-0.05, 0) is 6.42 Å². The van der Waals surface area contributed by atoms with Gasteiger partial charge in [0.15, 0.2) is 0 Å². The van der Waals surface area contributed by atoms with Crippen molar-refractivity contribution in [1.82, 2.24) is 9.97 Å². The van der Waals surface area contributed by atoms with Crippen LogP contribution in [0.4, 0.5) is 10.2 Å². The summed E-state index contributed by atoms with van der Waals surface area (Å²) in [6.45, 7) is 0.701. The molecule has 7 heteroatoms. The van der Waals surface area contributed by atoms with Crippen LogP contribution in [0.1, 0.15) is 6.42 Å². The SMILES string of the molecule is C[S@](=O)c1cc(N2CC[C@@H](C=O)[C@@H](F)C2)ncn1. The smallest absolute Gasteiger partial charge is 0.133 e. The first-order valence-electron chi connectivity index (χ1n) is 5.61. The van der Waals surface area contributed by atoms with Gasteiger partial charge in [-0.25, -0.2) is 14.4 Å². The van der Waals surface area contributed by atoms with Crippen LogP contribution in [0, 0.1) is 5.92 Å². The molecule has 5 nitrogen and oxygen atoms in total. The van der Waals surface area contributed by atoms with Crippen LogP contribution in [0.25, 0.3) is 0 Å². The van der Waals surface area contributed by atoms with Crippen molar-refractivity contribution in [1.29, 1.82) is 0 Å². The highest BCUT2D eigenvalue weighted by Gasteiger charge is 2.29. The van der Waals surface area contributed by atoms with E-state index in [0.29, 0.717) is 30.1 Å². The second kappa shape index (κ2) is 5.51. The normalized spacial score (nSPS) is 25.8. The molecule has 0 N–H and O–H groups in total. The van der Waals surface area contributed by atoms with Gasteiger partial charge in [0.25, 0.3) is 0 Å². The van der Waals surface area contributed by atoms with Crippen LogP contribution in [-0.4, -0.2) is 46.0 Å². The number of aromatic nitrogens is 2. The van der Waals surface area contributed by atoms with Gasteiger partial charge in [-0.15, -0.1) is 0 Å². The fraction of sp³-hybridized carbons (Fsp3) is 0.545. The summed E-state index contributed by atoms with van der Waals surface area (Å²) < 4.78 is 25.0. The monoisotopic (exact) mass is 271 g/mol. The Balaban J connectivity index is 2.15. The summed E-state index contributed by atoms with van der Waals surface area (Å²) in [4.78, 5) is 20.3. The van der Waals surface area contributed by atoms with E-state index >= 15 is 0 Å². The number of anilines is 1. The van der Waals surface area contributed by atoms with E-state index in [4.69, 9.17) is 0 Å². The molecule has 0 spiro atoms. The molecule has 0 saturated carbocycles. The minimum Gasteiger partial charge on any atom is -0.354 e. The number of nitrogens with zero attached hydrogens (tertiary/aromatic N) is 3. The maximum absolute atomic E-state index is 13.7. The first-order valence-corrected chi connectivity index (χ1v) is 7.17. The van der Waals surface area contributed by atoms with E-state index in [9.17, 15) is 13.4 Å². The molecule has 0 aromatic carbocycles. The van der Waals surface area contributed by atoms with E-state index in [-0.39, 0.29) is 6.54 Å². The second-order valence-electron chi connectivity index (χ2n) is 4.22. The largest absolute Gasteiger partial charge is 0.354 e. The lowest BCUT2D eigenvalue weighted by atomic mass is 9.97. The molecule has 1 saturated heterocycles. The van der Waals surface area contributed by atoms with Crippen molar-refractivity contribution in [2.75, 3.05) is 24.2 Å². The summed E-state index contributed by atoms with van der Waals surface area (Å²) >= 11 is 0. The highest BCUT2D eigenvalue weighted by Crippen LogP contribution is 2.23.